The first-order valence-corrected chi connectivity index (χ1v) is 7.90. The summed E-state index contributed by atoms with van der Waals surface area (Å²) in [6.45, 7) is 7.04. The molecule has 0 spiro atoms. The minimum absolute atomic E-state index is 0.160. The number of rotatable bonds is 3. The first-order valence-electron chi connectivity index (χ1n) is 7.90. The summed E-state index contributed by atoms with van der Waals surface area (Å²) in [6, 6.07) is 2.08. The van der Waals surface area contributed by atoms with Gasteiger partial charge in [0.15, 0.2) is 0 Å². The van der Waals surface area contributed by atoms with E-state index in [1.54, 1.807) is 0 Å². The Bertz CT molecular complexity index is 469. The normalized spacial score (nSPS) is 20.9. The smallest absolute Gasteiger partial charge is 0.227 e. The lowest BCUT2D eigenvalue weighted by atomic mass is 10.1. The lowest BCUT2D eigenvalue weighted by molar-refractivity contribution is 0.122. The molecule has 1 aromatic rings. The van der Waals surface area contributed by atoms with Crippen molar-refractivity contribution in [2.75, 3.05) is 49.2 Å². The Morgan fingerprint density at radius 2 is 1.86 bits per heavy atom. The zero-order valence-corrected chi connectivity index (χ0v) is 12.7. The second kappa shape index (κ2) is 6.58. The fraction of sp³-hybridized carbons (Fsp3) is 0.733. The molecule has 2 fully saturated rings. The highest BCUT2D eigenvalue weighted by Gasteiger charge is 2.21. The van der Waals surface area contributed by atoms with Crippen LogP contribution in [0, 0.1) is 0 Å². The van der Waals surface area contributed by atoms with Crippen molar-refractivity contribution in [2.45, 2.75) is 32.3 Å². The summed E-state index contributed by atoms with van der Waals surface area (Å²) in [6.07, 6.45) is 2.38. The van der Waals surface area contributed by atoms with Gasteiger partial charge in [-0.15, -0.1) is 0 Å². The van der Waals surface area contributed by atoms with Crippen LogP contribution in [0.3, 0.4) is 0 Å². The SMILES string of the molecule is CCc1cc(N2CCC(O)CC2)nc(N2CCOCC2)n1. The molecule has 3 rings (SSSR count). The van der Waals surface area contributed by atoms with Gasteiger partial charge in [-0.05, 0) is 19.3 Å². The molecule has 0 unspecified atom stereocenters. The molecule has 6 nitrogen and oxygen atoms in total. The molecule has 2 saturated heterocycles. The summed E-state index contributed by atoms with van der Waals surface area (Å²) in [5, 5.41) is 9.65. The van der Waals surface area contributed by atoms with Crippen molar-refractivity contribution >= 4 is 11.8 Å². The highest BCUT2D eigenvalue weighted by molar-refractivity contribution is 5.46. The lowest BCUT2D eigenvalue weighted by Crippen LogP contribution is -2.39. The monoisotopic (exact) mass is 292 g/mol. The van der Waals surface area contributed by atoms with Crippen molar-refractivity contribution in [3.8, 4) is 0 Å². The van der Waals surface area contributed by atoms with Crippen LogP contribution in [0.1, 0.15) is 25.5 Å². The van der Waals surface area contributed by atoms with Gasteiger partial charge in [-0.25, -0.2) is 4.98 Å². The number of anilines is 2. The Balaban J connectivity index is 1.82. The minimum atomic E-state index is -0.160. The first-order chi connectivity index (χ1) is 10.3. The maximum atomic E-state index is 9.65. The largest absolute Gasteiger partial charge is 0.393 e. The number of morpholine rings is 1. The highest BCUT2D eigenvalue weighted by Crippen LogP contribution is 2.22. The van der Waals surface area contributed by atoms with Crippen LogP contribution in [0.15, 0.2) is 6.07 Å². The molecule has 2 aliphatic heterocycles. The van der Waals surface area contributed by atoms with Crippen LogP contribution in [-0.4, -0.2) is 60.6 Å². The van der Waals surface area contributed by atoms with E-state index in [1.807, 2.05) is 0 Å². The number of hydrogen-bond acceptors (Lipinski definition) is 6. The first kappa shape index (κ1) is 14.5. The number of nitrogens with zero attached hydrogens (tertiary/aromatic N) is 4. The van der Waals surface area contributed by atoms with Crippen molar-refractivity contribution in [1.82, 2.24) is 9.97 Å². The van der Waals surface area contributed by atoms with Crippen LogP contribution >= 0.6 is 0 Å². The second-order valence-corrected chi connectivity index (χ2v) is 5.69. The number of aliphatic hydroxyl groups is 1. The van der Waals surface area contributed by atoms with E-state index in [0.717, 1.165) is 76.1 Å². The molecule has 0 saturated carbocycles. The van der Waals surface area contributed by atoms with E-state index in [2.05, 4.69) is 27.8 Å². The molecule has 0 bridgehead atoms. The van der Waals surface area contributed by atoms with E-state index >= 15 is 0 Å². The summed E-state index contributed by atoms with van der Waals surface area (Å²) in [4.78, 5) is 13.9. The Labute approximate surface area is 125 Å². The topological polar surface area (TPSA) is 61.7 Å². The molecule has 0 amide bonds. The van der Waals surface area contributed by atoms with E-state index in [0.29, 0.717) is 0 Å². The van der Waals surface area contributed by atoms with Crippen molar-refractivity contribution in [1.29, 1.82) is 0 Å². The molecule has 6 heteroatoms. The number of aryl methyl sites for hydroxylation is 1. The zero-order chi connectivity index (χ0) is 14.7. The molecular formula is C15H24N4O2. The number of piperidine rings is 1. The van der Waals surface area contributed by atoms with Gasteiger partial charge in [-0.1, -0.05) is 6.92 Å². The number of hydrogen-bond donors (Lipinski definition) is 1. The molecule has 3 heterocycles. The average molecular weight is 292 g/mol. The fourth-order valence-corrected chi connectivity index (χ4v) is 2.81. The molecule has 0 atom stereocenters. The Morgan fingerprint density at radius 1 is 1.14 bits per heavy atom. The van der Waals surface area contributed by atoms with Gasteiger partial charge >= 0.3 is 0 Å². The van der Waals surface area contributed by atoms with E-state index in [9.17, 15) is 5.11 Å². The van der Waals surface area contributed by atoms with Crippen molar-refractivity contribution in [3.05, 3.63) is 11.8 Å². The third-order valence-electron chi connectivity index (χ3n) is 4.20. The van der Waals surface area contributed by atoms with Gasteiger partial charge in [0.25, 0.3) is 0 Å². The Hall–Kier alpha value is -1.40. The van der Waals surface area contributed by atoms with Gasteiger partial charge in [0.2, 0.25) is 5.95 Å². The van der Waals surface area contributed by atoms with Crippen LogP contribution < -0.4 is 9.80 Å². The maximum absolute atomic E-state index is 9.65. The van der Waals surface area contributed by atoms with E-state index < -0.39 is 0 Å². The fourth-order valence-electron chi connectivity index (χ4n) is 2.81. The highest BCUT2D eigenvalue weighted by atomic mass is 16.5. The van der Waals surface area contributed by atoms with E-state index in [4.69, 9.17) is 9.72 Å². The summed E-state index contributed by atoms with van der Waals surface area (Å²) >= 11 is 0. The van der Waals surface area contributed by atoms with Gasteiger partial charge in [0, 0.05) is 37.9 Å². The van der Waals surface area contributed by atoms with Crippen molar-refractivity contribution < 1.29 is 9.84 Å². The molecule has 21 heavy (non-hydrogen) atoms. The summed E-state index contributed by atoms with van der Waals surface area (Å²) < 4.78 is 5.40. The second-order valence-electron chi connectivity index (χ2n) is 5.69. The Morgan fingerprint density at radius 3 is 2.52 bits per heavy atom. The van der Waals surface area contributed by atoms with Crippen LogP contribution in [0.2, 0.25) is 0 Å². The van der Waals surface area contributed by atoms with Crippen LogP contribution in [0.4, 0.5) is 11.8 Å². The molecule has 1 aromatic heterocycles. The third-order valence-corrected chi connectivity index (χ3v) is 4.20. The number of aromatic nitrogens is 2. The third kappa shape index (κ3) is 3.44. The lowest BCUT2D eigenvalue weighted by Gasteiger charge is -2.32. The quantitative estimate of drug-likeness (QED) is 0.890. The van der Waals surface area contributed by atoms with Gasteiger partial charge in [0.1, 0.15) is 5.82 Å². The molecule has 0 aliphatic carbocycles. The van der Waals surface area contributed by atoms with Gasteiger partial charge < -0.3 is 19.6 Å². The molecule has 0 aromatic carbocycles. The van der Waals surface area contributed by atoms with E-state index in [1.165, 1.54) is 0 Å². The maximum Gasteiger partial charge on any atom is 0.227 e. The van der Waals surface area contributed by atoms with E-state index in [-0.39, 0.29) is 6.10 Å². The van der Waals surface area contributed by atoms with Crippen LogP contribution in [0.5, 0.6) is 0 Å². The van der Waals surface area contributed by atoms with Crippen LogP contribution in [-0.2, 0) is 11.2 Å². The molecule has 0 radical (unpaired) electrons. The number of aliphatic hydroxyl groups excluding tert-OH is 1. The van der Waals surface area contributed by atoms with Crippen molar-refractivity contribution in [3.63, 3.8) is 0 Å². The number of ether oxygens (including phenoxy) is 1. The van der Waals surface area contributed by atoms with Gasteiger partial charge in [-0.2, -0.15) is 4.98 Å². The predicted molar refractivity (Wildman–Crippen MR) is 81.9 cm³/mol. The summed E-state index contributed by atoms with van der Waals surface area (Å²) in [5.74, 6) is 1.81. The molecular weight excluding hydrogens is 268 g/mol. The summed E-state index contributed by atoms with van der Waals surface area (Å²) in [5.41, 5.74) is 1.08. The van der Waals surface area contributed by atoms with Crippen molar-refractivity contribution in [2.24, 2.45) is 0 Å². The average Bonchev–Trinajstić information content (AvgIpc) is 2.56. The molecule has 2 aliphatic rings. The molecule has 1 N–H and O–H groups in total. The predicted octanol–water partition coefficient (Wildman–Crippen LogP) is 0.837. The summed E-state index contributed by atoms with van der Waals surface area (Å²) in [7, 11) is 0. The molecule has 116 valence electrons. The zero-order valence-electron chi connectivity index (χ0n) is 12.7. The van der Waals surface area contributed by atoms with Gasteiger partial charge in [0.05, 0.1) is 19.3 Å². The Kier molecular flexibility index (Phi) is 4.55. The van der Waals surface area contributed by atoms with Crippen LogP contribution in [0.25, 0.3) is 0 Å². The minimum Gasteiger partial charge on any atom is -0.393 e. The van der Waals surface area contributed by atoms with Gasteiger partial charge in [-0.3, -0.25) is 0 Å². The standard InChI is InChI=1S/C15H24N4O2/c1-2-12-11-14(18-5-3-13(20)4-6-18)17-15(16-12)19-7-9-21-10-8-19/h11,13,20H,2-10H2,1H3.